The Bertz CT molecular complexity index is 1160. The van der Waals surface area contributed by atoms with Crippen molar-refractivity contribution in [3.8, 4) is 11.3 Å². The number of halogens is 1. The minimum atomic E-state index is -0.296. The molecule has 0 aliphatic rings. The number of fused-ring (bicyclic) bond motifs is 1. The van der Waals surface area contributed by atoms with Crippen molar-refractivity contribution in [3.05, 3.63) is 71.9 Å². The number of carbonyl (C=O) groups excluding carboxylic acids is 1. The molecule has 1 amide bonds. The maximum atomic E-state index is 13.1. The molecule has 7 heteroatoms. The van der Waals surface area contributed by atoms with Crippen LogP contribution >= 0.6 is 0 Å². The second-order valence-electron chi connectivity index (χ2n) is 6.95. The molecular weight excluding hydrogens is 369 g/mol. The third-order valence-corrected chi connectivity index (χ3v) is 4.94. The number of amides is 1. The average Bonchev–Trinajstić information content (AvgIpc) is 3.25. The lowest BCUT2D eigenvalue weighted by Crippen LogP contribution is -2.25. The Hall–Kier alpha value is -3.48. The van der Waals surface area contributed by atoms with Gasteiger partial charge in [0.2, 0.25) is 0 Å². The van der Waals surface area contributed by atoms with E-state index in [-0.39, 0.29) is 11.7 Å². The van der Waals surface area contributed by atoms with Crippen molar-refractivity contribution in [2.24, 2.45) is 7.05 Å². The van der Waals surface area contributed by atoms with E-state index in [1.807, 2.05) is 25.1 Å². The third kappa shape index (κ3) is 3.89. The van der Waals surface area contributed by atoms with Crippen molar-refractivity contribution in [1.82, 2.24) is 24.6 Å². The number of rotatable bonds is 6. The Labute approximate surface area is 168 Å². The highest BCUT2D eigenvalue weighted by Gasteiger charge is 2.14. The van der Waals surface area contributed by atoms with Crippen molar-refractivity contribution >= 4 is 16.9 Å². The Morgan fingerprint density at radius 3 is 2.69 bits per heavy atom. The van der Waals surface area contributed by atoms with Gasteiger partial charge in [0.15, 0.2) is 5.69 Å². The first-order valence-electron chi connectivity index (χ1n) is 9.53. The van der Waals surface area contributed by atoms with E-state index < -0.39 is 0 Å². The molecule has 2 aromatic carbocycles. The van der Waals surface area contributed by atoms with E-state index in [9.17, 15) is 9.18 Å². The normalized spacial score (nSPS) is 11.1. The second kappa shape index (κ2) is 7.87. The fourth-order valence-electron chi connectivity index (χ4n) is 3.48. The number of aryl methyl sites for hydroxylation is 3. The molecule has 0 radical (unpaired) electrons. The highest BCUT2D eigenvalue weighted by molar-refractivity contribution is 5.93. The van der Waals surface area contributed by atoms with E-state index in [1.165, 1.54) is 12.1 Å². The quantitative estimate of drug-likeness (QED) is 0.510. The van der Waals surface area contributed by atoms with E-state index in [1.54, 1.807) is 29.9 Å². The van der Waals surface area contributed by atoms with Crippen LogP contribution in [-0.4, -0.2) is 31.8 Å². The minimum absolute atomic E-state index is 0.221. The summed E-state index contributed by atoms with van der Waals surface area (Å²) < 4.78 is 16.9. The molecule has 2 aromatic heterocycles. The van der Waals surface area contributed by atoms with Crippen LogP contribution in [0.25, 0.3) is 22.3 Å². The van der Waals surface area contributed by atoms with Gasteiger partial charge in [0, 0.05) is 20.1 Å². The summed E-state index contributed by atoms with van der Waals surface area (Å²) in [5.74, 6) is 0.446. The largest absolute Gasteiger partial charge is 0.351 e. The molecule has 0 atom stereocenters. The molecule has 0 saturated heterocycles. The SMILES string of the molecule is Cc1nc2ccccc2n1CCCNC(=O)c1cc(-c2ccc(F)cc2)n(C)n1. The zero-order chi connectivity index (χ0) is 20.4. The van der Waals surface area contributed by atoms with Crippen molar-refractivity contribution in [3.63, 3.8) is 0 Å². The van der Waals surface area contributed by atoms with Crippen molar-refractivity contribution in [2.45, 2.75) is 19.9 Å². The predicted octanol–water partition coefficient (Wildman–Crippen LogP) is 3.70. The predicted molar refractivity (Wildman–Crippen MR) is 110 cm³/mol. The maximum Gasteiger partial charge on any atom is 0.271 e. The number of nitrogens with one attached hydrogen (secondary N) is 1. The lowest BCUT2D eigenvalue weighted by molar-refractivity contribution is 0.0947. The van der Waals surface area contributed by atoms with Crippen molar-refractivity contribution in [1.29, 1.82) is 0 Å². The van der Waals surface area contributed by atoms with Crippen LogP contribution in [0.15, 0.2) is 54.6 Å². The Balaban J connectivity index is 1.37. The van der Waals surface area contributed by atoms with Gasteiger partial charge in [-0.25, -0.2) is 9.37 Å². The molecule has 29 heavy (non-hydrogen) atoms. The summed E-state index contributed by atoms with van der Waals surface area (Å²) in [7, 11) is 1.77. The molecule has 0 aliphatic carbocycles. The molecule has 0 saturated carbocycles. The van der Waals surface area contributed by atoms with Crippen LogP contribution in [0.3, 0.4) is 0 Å². The van der Waals surface area contributed by atoms with Gasteiger partial charge >= 0.3 is 0 Å². The van der Waals surface area contributed by atoms with Crippen LogP contribution < -0.4 is 5.32 Å². The zero-order valence-electron chi connectivity index (χ0n) is 16.4. The summed E-state index contributed by atoms with van der Waals surface area (Å²) in [5.41, 5.74) is 4.00. The van der Waals surface area contributed by atoms with Gasteiger partial charge in [-0.05, 0) is 61.4 Å². The first-order valence-corrected chi connectivity index (χ1v) is 9.53. The molecule has 0 fully saturated rings. The molecule has 0 unspecified atom stereocenters. The summed E-state index contributed by atoms with van der Waals surface area (Å²) in [6.07, 6.45) is 0.782. The molecule has 4 aromatic rings. The number of carbonyl (C=O) groups is 1. The fourth-order valence-corrected chi connectivity index (χ4v) is 3.48. The number of para-hydroxylation sites is 2. The monoisotopic (exact) mass is 391 g/mol. The summed E-state index contributed by atoms with van der Waals surface area (Å²) in [4.78, 5) is 17.0. The molecule has 6 nitrogen and oxygen atoms in total. The third-order valence-electron chi connectivity index (χ3n) is 4.94. The van der Waals surface area contributed by atoms with E-state index in [4.69, 9.17) is 0 Å². The average molecular weight is 391 g/mol. The van der Waals surface area contributed by atoms with Gasteiger partial charge in [0.25, 0.3) is 5.91 Å². The molecule has 2 heterocycles. The van der Waals surface area contributed by atoms with Gasteiger partial charge in [0.05, 0.1) is 16.7 Å². The summed E-state index contributed by atoms with van der Waals surface area (Å²) in [5, 5.41) is 7.21. The Morgan fingerprint density at radius 1 is 1.14 bits per heavy atom. The standard InChI is InChI=1S/C22H22FN5O/c1-15-25-18-6-3-4-7-20(18)28(15)13-5-12-24-22(29)19-14-21(27(2)26-19)16-8-10-17(23)11-9-16/h3-4,6-11,14H,5,12-13H2,1-2H3,(H,24,29). The van der Waals surface area contributed by atoms with E-state index in [2.05, 4.69) is 26.0 Å². The highest BCUT2D eigenvalue weighted by atomic mass is 19.1. The Morgan fingerprint density at radius 2 is 1.90 bits per heavy atom. The van der Waals surface area contributed by atoms with Crippen LogP contribution in [0.2, 0.25) is 0 Å². The van der Waals surface area contributed by atoms with E-state index in [0.717, 1.165) is 41.1 Å². The number of hydrogen-bond donors (Lipinski definition) is 1. The highest BCUT2D eigenvalue weighted by Crippen LogP contribution is 2.20. The van der Waals surface area contributed by atoms with E-state index >= 15 is 0 Å². The fraction of sp³-hybridized carbons (Fsp3) is 0.227. The van der Waals surface area contributed by atoms with Crippen molar-refractivity contribution in [2.75, 3.05) is 6.54 Å². The summed E-state index contributed by atoms with van der Waals surface area (Å²) in [6.45, 7) is 3.30. The summed E-state index contributed by atoms with van der Waals surface area (Å²) in [6, 6.07) is 15.9. The van der Waals surface area contributed by atoms with Gasteiger partial charge in [-0.3, -0.25) is 9.48 Å². The number of hydrogen-bond acceptors (Lipinski definition) is 3. The first kappa shape index (κ1) is 18.9. The number of nitrogens with zero attached hydrogens (tertiary/aromatic N) is 4. The summed E-state index contributed by atoms with van der Waals surface area (Å²) >= 11 is 0. The Kier molecular flexibility index (Phi) is 5.12. The van der Waals surface area contributed by atoms with Crippen LogP contribution in [-0.2, 0) is 13.6 Å². The smallest absolute Gasteiger partial charge is 0.271 e. The molecule has 0 bridgehead atoms. The van der Waals surface area contributed by atoms with Gasteiger partial charge in [-0.2, -0.15) is 5.10 Å². The van der Waals surface area contributed by atoms with Gasteiger partial charge in [0.1, 0.15) is 11.6 Å². The second-order valence-corrected chi connectivity index (χ2v) is 6.95. The van der Waals surface area contributed by atoms with Crippen LogP contribution in [0.4, 0.5) is 4.39 Å². The van der Waals surface area contributed by atoms with Crippen LogP contribution in [0.1, 0.15) is 22.7 Å². The number of imidazole rings is 1. The topological polar surface area (TPSA) is 64.7 Å². The van der Waals surface area contributed by atoms with Gasteiger partial charge < -0.3 is 9.88 Å². The minimum Gasteiger partial charge on any atom is -0.351 e. The molecular formula is C22H22FN5O. The van der Waals surface area contributed by atoms with Gasteiger partial charge in [-0.15, -0.1) is 0 Å². The molecule has 148 valence electrons. The van der Waals surface area contributed by atoms with E-state index in [0.29, 0.717) is 12.2 Å². The first-order chi connectivity index (χ1) is 14.0. The molecule has 0 spiro atoms. The number of benzene rings is 2. The molecule has 4 rings (SSSR count). The number of aromatic nitrogens is 4. The zero-order valence-corrected chi connectivity index (χ0v) is 16.4. The van der Waals surface area contributed by atoms with Crippen LogP contribution in [0, 0.1) is 12.7 Å². The van der Waals surface area contributed by atoms with Crippen molar-refractivity contribution < 1.29 is 9.18 Å². The maximum absolute atomic E-state index is 13.1. The molecule has 1 N–H and O–H groups in total. The lowest BCUT2D eigenvalue weighted by Gasteiger charge is -2.07. The van der Waals surface area contributed by atoms with Gasteiger partial charge in [-0.1, -0.05) is 12.1 Å². The molecule has 0 aliphatic heterocycles. The van der Waals surface area contributed by atoms with Crippen LogP contribution in [0.5, 0.6) is 0 Å². The lowest BCUT2D eigenvalue weighted by atomic mass is 10.1.